The number of ether oxygens (including phenoxy) is 2. The van der Waals surface area contributed by atoms with Crippen molar-refractivity contribution >= 4 is 24.7 Å². The summed E-state index contributed by atoms with van der Waals surface area (Å²) in [5.41, 5.74) is -0.568. The van der Waals surface area contributed by atoms with Crippen LogP contribution in [0.4, 0.5) is 4.79 Å². The van der Waals surface area contributed by atoms with Crippen LogP contribution in [0.25, 0.3) is 0 Å². The van der Waals surface area contributed by atoms with E-state index in [1.54, 1.807) is 27.7 Å². The first-order valence-corrected chi connectivity index (χ1v) is 5.44. The monoisotopic (exact) mass is 249 g/mol. The number of hydrogen-bond acceptors (Lipinski definition) is 5. The fourth-order valence-electron chi connectivity index (χ4n) is 0.897. The molecule has 0 spiro atoms. The largest absolute Gasteiger partial charge is 0.468 e. The van der Waals surface area contributed by atoms with Gasteiger partial charge in [-0.3, -0.25) is 4.79 Å². The van der Waals surface area contributed by atoms with Gasteiger partial charge in [-0.05, 0) is 27.7 Å². The lowest BCUT2D eigenvalue weighted by Gasteiger charge is -2.23. The fraction of sp³-hybridized carbons (Fsp3) is 0.800. The molecule has 1 N–H and O–H groups in total. The minimum Gasteiger partial charge on any atom is -0.468 e. The van der Waals surface area contributed by atoms with Crippen LogP contribution in [0.1, 0.15) is 27.7 Å². The van der Waals surface area contributed by atoms with Gasteiger partial charge < -0.3 is 14.8 Å². The number of esters is 1. The Morgan fingerprint density at radius 3 is 2.19 bits per heavy atom. The van der Waals surface area contributed by atoms with Gasteiger partial charge in [0.15, 0.2) is 0 Å². The first-order chi connectivity index (χ1) is 7.17. The van der Waals surface area contributed by atoms with Crippen LogP contribution in [0.5, 0.6) is 0 Å². The standard InChI is InChI=1S/C10H19NO4S/c1-6(7(16)8(12)14-5)11-9(13)15-10(2,3)4/h6-7,16H,1-5H3,(H,11,13). The van der Waals surface area contributed by atoms with Gasteiger partial charge in [-0.25, -0.2) is 4.79 Å². The zero-order chi connectivity index (χ0) is 12.9. The van der Waals surface area contributed by atoms with Crippen LogP contribution < -0.4 is 5.32 Å². The third-order valence-electron chi connectivity index (χ3n) is 1.66. The van der Waals surface area contributed by atoms with Crippen molar-refractivity contribution in [3.63, 3.8) is 0 Å². The highest BCUT2D eigenvalue weighted by atomic mass is 32.1. The molecule has 0 aliphatic carbocycles. The van der Waals surface area contributed by atoms with Crippen LogP contribution in [-0.4, -0.2) is 36.1 Å². The van der Waals surface area contributed by atoms with Gasteiger partial charge in [-0.1, -0.05) is 0 Å². The summed E-state index contributed by atoms with van der Waals surface area (Å²) in [6, 6.07) is -0.467. The Morgan fingerprint density at radius 2 is 1.81 bits per heavy atom. The number of carbonyl (C=O) groups is 2. The lowest BCUT2D eigenvalue weighted by atomic mass is 10.2. The molecule has 0 bridgehead atoms. The number of amides is 1. The van der Waals surface area contributed by atoms with Gasteiger partial charge in [-0.15, -0.1) is 0 Å². The summed E-state index contributed by atoms with van der Waals surface area (Å²) < 4.78 is 9.54. The highest BCUT2D eigenvalue weighted by Crippen LogP contribution is 2.09. The molecule has 0 fully saturated rings. The van der Waals surface area contributed by atoms with Gasteiger partial charge in [0.2, 0.25) is 0 Å². The van der Waals surface area contributed by atoms with Gasteiger partial charge in [0.05, 0.1) is 13.2 Å². The van der Waals surface area contributed by atoms with Crippen LogP contribution in [0.15, 0.2) is 0 Å². The van der Waals surface area contributed by atoms with E-state index in [4.69, 9.17) is 4.74 Å². The summed E-state index contributed by atoms with van der Waals surface area (Å²) in [4.78, 5) is 22.5. The number of carbonyl (C=O) groups excluding carboxylic acids is 2. The van der Waals surface area contributed by atoms with Crippen LogP contribution in [-0.2, 0) is 14.3 Å². The van der Waals surface area contributed by atoms with Crippen LogP contribution >= 0.6 is 12.6 Å². The van der Waals surface area contributed by atoms with E-state index in [0.29, 0.717) is 0 Å². The predicted molar refractivity (Wildman–Crippen MR) is 63.6 cm³/mol. The van der Waals surface area contributed by atoms with Crippen molar-refractivity contribution in [2.75, 3.05) is 7.11 Å². The molecule has 6 heteroatoms. The van der Waals surface area contributed by atoms with Crippen LogP contribution in [0.2, 0.25) is 0 Å². The molecule has 2 atom stereocenters. The van der Waals surface area contributed by atoms with Gasteiger partial charge in [0.1, 0.15) is 10.9 Å². The molecular formula is C10H19NO4S. The Kier molecular flexibility index (Phi) is 5.64. The maximum Gasteiger partial charge on any atom is 0.407 e. The molecule has 5 nitrogen and oxygen atoms in total. The number of methoxy groups -OCH3 is 1. The maximum atomic E-state index is 11.4. The Hall–Kier alpha value is -0.910. The second kappa shape index (κ2) is 5.98. The normalized spacial score (nSPS) is 14.9. The third-order valence-corrected chi connectivity index (χ3v) is 2.32. The van der Waals surface area contributed by atoms with Gasteiger partial charge in [-0.2, -0.15) is 12.6 Å². The van der Waals surface area contributed by atoms with E-state index in [1.807, 2.05) is 0 Å². The zero-order valence-electron chi connectivity index (χ0n) is 10.2. The molecule has 1 amide bonds. The molecule has 16 heavy (non-hydrogen) atoms. The quantitative estimate of drug-likeness (QED) is 0.585. The molecule has 2 unspecified atom stereocenters. The molecule has 0 aromatic heterocycles. The second-order valence-corrected chi connectivity index (χ2v) is 4.96. The first-order valence-electron chi connectivity index (χ1n) is 4.93. The molecule has 94 valence electrons. The highest BCUT2D eigenvalue weighted by Gasteiger charge is 2.25. The fourth-order valence-corrected chi connectivity index (χ4v) is 1.08. The molecule has 0 aromatic carbocycles. The topological polar surface area (TPSA) is 64.6 Å². The molecule has 0 aliphatic heterocycles. The van der Waals surface area contributed by atoms with E-state index in [0.717, 1.165) is 0 Å². The lowest BCUT2D eigenvalue weighted by molar-refractivity contribution is -0.140. The van der Waals surface area contributed by atoms with E-state index in [2.05, 4.69) is 22.7 Å². The van der Waals surface area contributed by atoms with Crippen molar-refractivity contribution in [2.45, 2.75) is 44.6 Å². The van der Waals surface area contributed by atoms with Crippen LogP contribution in [0.3, 0.4) is 0 Å². The molecule has 0 radical (unpaired) electrons. The van der Waals surface area contributed by atoms with Crippen molar-refractivity contribution in [1.82, 2.24) is 5.32 Å². The summed E-state index contributed by atoms with van der Waals surface area (Å²) in [7, 11) is 1.27. The maximum absolute atomic E-state index is 11.4. The van der Waals surface area contributed by atoms with Gasteiger partial charge in [0.25, 0.3) is 0 Å². The minimum absolute atomic E-state index is 0.467. The Bertz CT molecular complexity index is 262. The Balaban J connectivity index is 4.19. The van der Waals surface area contributed by atoms with Crippen molar-refractivity contribution < 1.29 is 19.1 Å². The number of rotatable bonds is 3. The highest BCUT2D eigenvalue weighted by molar-refractivity contribution is 7.81. The number of thiol groups is 1. The van der Waals surface area contributed by atoms with E-state index in [1.165, 1.54) is 7.11 Å². The average molecular weight is 249 g/mol. The first kappa shape index (κ1) is 15.1. The predicted octanol–water partition coefficient (Wildman–Crippen LogP) is 1.37. The summed E-state index contributed by atoms with van der Waals surface area (Å²) in [5.74, 6) is -0.494. The Labute approximate surface area is 101 Å². The smallest absolute Gasteiger partial charge is 0.407 e. The molecular weight excluding hydrogens is 230 g/mol. The summed E-state index contributed by atoms with van der Waals surface area (Å²) in [5, 5.41) is 1.80. The van der Waals surface area contributed by atoms with Gasteiger partial charge >= 0.3 is 12.1 Å². The van der Waals surface area contributed by atoms with Gasteiger partial charge in [0, 0.05) is 0 Å². The SMILES string of the molecule is COC(=O)C(S)C(C)NC(=O)OC(C)(C)C. The lowest BCUT2D eigenvalue weighted by Crippen LogP contribution is -2.44. The molecule has 0 saturated carbocycles. The number of hydrogen-bond donors (Lipinski definition) is 2. The Morgan fingerprint density at radius 1 is 1.31 bits per heavy atom. The van der Waals surface area contributed by atoms with Crippen molar-refractivity contribution in [3.05, 3.63) is 0 Å². The summed E-state index contributed by atoms with van der Waals surface area (Å²) in [6.45, 7) is 6.93. The summed E-state index contributed by atoms with van der Waals surface area (Å²) >= 11 is 4.04. The molecule has 0 heterocycles. The average Bonchev–Trinajstić information content (AvgIpc) is 2.12. The minimum atomic E-state index is -0.711. The van der Waals surface area contributed by atoms with Crippen molar-refractivity contribution in [3.8, 4) is 0 Å². The zero-order valence-corrected chi connectivity index (χ0v) is 11.1. The van der Waals surface area contributed by atoms with E-state index < -0.39 is 29.0 Å². The van der Waals surface area contributed by atoms with E-state index >= 15 is 0 Å². The molecule has 0 rings (SSSR count). The second-order valence-electron chi connectivity index (χ2n) is 4.40. The van der Waals surface area contributed by atoms with E-state index in [9.17, 15) is 9.59 Å². The third kappa shape index (κ3) is 5.85. The molecule has 0 aromatic rings. The molecule has 0 saturated heterocycles. The number of nitrogens with one attached hydrogen (secondary N) is 1. The van der Waals surface area contributed by atoms with E-state index in [-0.39, 0.29) is 0 Å². The molecule has 0 aliphatic rings. The van der Waals surface area contributed by atoms with Crippen molar-refractivity contribution in [2.24, 2.45) is 0 Å². The van der Waals surface area contributed by atoms with Crippen molar-refractivity contribution in [1.29, 1.82) is 0 Å². The number of alkyl carbamates (subject to hydrolysis) is 1. The summed E-state index contributed by atoms with van der Waals surface area (Å²) in [6.07, 6.45) is -0.581. The van der Waals surface area contributed by atoms with Crippen LogP contribution in [0, 0.1) is 0 Å².